The van der Waals surface area contributed by atoms with Crippen molar-refractivity contribution in [3.63, 3.8) is 0 Å². The van der Waals surface area contributed by atoms with Gasteiger partial charge in [-0.25, -0.2) is 4.39 Å². The summed E-state index contributed by atoms with van der Waals surface area (Å²) in [4.78, 5) is 14.6. The highest BCUT2D eigenvalue weighted by Gasteiger charge is 2.26. The Hall–Kier alpha value is -1.42. The molecule has 1 unspecified atom stereocenters. The SMILES string of the molecule is CC(C)C(C)NC(=O)C1CCN(Cc2ccc(F)cc2)CC1. The number of hydrogen-bond acceptors (Lipinski definition) is 2. The van der Waals surface area contributed by atoms with Crippen LogP contribution in [0.3, 0.4) is 0 Å². The number of amides is 1. The zero-order chi connectivity index (χ0) is 16.1. The van der Waals surface area contributed by atoms with E-state index in [1.165, 1.54) is 12.1 Å². The number of carbonyl (C=O) groups excluding carboxylic acids is 1. The van der Waals surface area contributed by atoms with Gasteiger partial charge in [-0.3, -0.25) is 9.69 Å². The maximum absolute atomic E-state index is 12.9. The van der Waals surface area contributed by atoms with E-state index in [2.05, 4.69) is 31.0 Å². The Morgan fingerprint density at radius 1 is 1.23 bits per heavy atom. The van der Waals surface area contributed by atoms with Crippen molar-refractivity contribution in [3.8, 4) is 0 Å². The minimum atomic E-state index is -0.196. The van der Waals surface area contributed by atoms with E-state index in [-0.39, 0.29) is 23.7 Å². The first kappa shape index (κ1) is 16.9. The molecule has 2 rings (SSSR count). The largest absolute Gasteiger partial charge is 0.353 e. The average Bonchev–Trinajstić information content (AvgIpc) is 2.50. The van der Waals surface area contributed by atoms with Gasteiger partial charge in [0.2, 0.25) is 5.91 Å². The fourth-order valence-corrected chi connectivity index (χ4v) is 2.71. The molecule has 0 spiro atoms. The maximum Gasteiger partial charge on any atom is 0.223 e. The lowest BCUT2D eigenvalue weighted by Gasteiger charge is -2.32. The highest BCUT2D eigenvalue weighted by molar-refractivity contribution is 5.79. The number of nitrogens with zero attached hydrogens (tertiary/aromatic N) is 1. The van der Waals surface area contributed by atoms with Crippen LogP contribution in [0.25, 0.3) is 0 Å². The van der Waals surface area contributed by atoms with Gasteiger partial charge < -0.3 is 5.32 Å². The van der Waals surface area contributed by atoms with Crippen molar-refractivity contribution in [1.29, 1.82) is 0 Å². The normalized spacial score (nSPS) is 18.4. The fourth-order valence-electron chi connectivity index (χ4n) is 2.71. The van der Waals surface area contributed by atoms with Crippen molar-refractivity contribution in [1.82, 2.24) is 10.2 Å². The summed E-state index contributed by atoms with van der Waals surface area (Å²) in [7, 11) is 0. The van der Waals surface area contributed by atoms with Crippen LogP contribution < -0.4 is 5.32 Å². The molecule has 0 aromatic heterocycles. The van der Waals surface area contributed by atoms with Gasteiger partial charge in [0, 0.05) is 18.5 Å². The summed E-state index contributed by atoms with van der Waals surface area (Å²) >= 11 is 0. The Labute approximate surface area is 132 Å². The first-order valence-corrected chi connectivity index (χ1v) is 8.23. The molecule has 1 saturated heterocycles. The molecule has 1 aliphatic heterocycles. The third kappa shape index (κ3) is 4.80. The molecular formula is C18H27FN2O. The summed E-state index contributed by atoms with van der Waals surface area (Å²) in [5.74, 6) is 0.592. The zero-order valence-corrected chi connectivity index (χ0v) is 13.8. The van der Waals surface area contributed by atoms with Gasteiger partial charge in [0.25, 0.3) is 0 Å². The molecule has 4 heteroatoms. The van der Waals surface area contributed by atoms with Gasteiger partial charge in [-0.2, -0.15) is 0 Å². The maximum atomic E-state index is 12.9. The molecule has 1 aromatic carbocycles. The lowest BCUT2D eigenvalue weighted by molar-refractivity contribution is -0.127. The van der Waals surface area contributed by atoms with Crippen LogP contribution in [-0.2, 0) is 11.3 Å². The van der Waals surface area contributed by atoms with Crippen LogP contribution in [-0.4, -0.2) is 29.9 Å². The molecule has 0 bridgehead atoms. The number of benzene rings is 1. The molecule has 22 heavy (non-hydrogen) atoms. The first-order valence-electron chi connectivity index (χ1n) is 8.23. The number of halogens is 1. The van der Waals surface area contributed by atoms with Gasteiger partial charge in [-0.1, -0.05) is 26.0 Å². The number of likely N-dealkylation sites (tertiary alicyclic amines) is 1. The van der Waals surface area contributed by atoms with Gasteiger partial charge in [-0.15, -0.1) is 0 Å². The average molecular weight is 306 g/mol. The van der Waals surface area contributed by atoms with Crippen molar-refractivity contribution in [2.75, 3.05) is 13.1 Å². The van der Waals surface area contributed by atoms with Crippen molar-refractivity contribution >= 4 is 5.91 Å². The van der Waals surface area contributed by atoms with Crippen molar-refractivity contribution in [3.05, 3.63) is 35.6 Å². The van der Waals surface area contributed by atoms with Gasteiger partial charge in [0.15, 0.2) is 0 Å². The second-order valence-corrected chi connectivity index (χ2v) is 6.72. The van der Waals surface area contributed by atoms with E-state index in [4.69, 9.17) is 0 Å². The molecule has 1 amide bonds. The van der Waals surface area contributed by atoms with E-state index in [0.717, 1.165) is 38.0 Å². The fraction of sp³-hybridized carbons (Fsp3) is 0.611. The molecule has 1 heterocycles. The van der Waals surface area contributed by atoms with Crippen LogP contribution >= 0.6 is 0 Å². The molecular weight excluding hydrogens is 279 g/mol. The summed E-state index contributed by atoms with van der Waals surface area (Å²) in [6, 6.07) is 6.90. The van der Waals surface area contributed by atoms with Crippen LogP contribution in [0.2, 0.25) is 0 Å². The predicted octanol–water partition coefficient (Wildman–Crippen LogP) is 3.20. The summed E-state index contributed by atoms with van der Waals surface area (Å²) in [6.07, 6.45) is 1.80. The van der Waals surface area contributed by atoms with E-state index in [1.54, 1.807) is 0 Å². The molecule has 1 N–H and O–H groups in total. The van der Waals surface area contributed by atoms with Crippen LogP contribution in [0.1, 0.15) is 39.2 Å². The molecule has 1 aliphatic rings. The van der Waals surface area contributed by atoms with Crippen LogP contribution in [0.4, 0.5) is 4.39 Å². The van der Waals surface area contributed by atoms with E-state index < -0.39 is 0 Å². The Bertz CT molecular complexity index is 478. The number of carbonyl (C=O) groups is 1. The Kier molecular flexibility index (Phi) is 5.95. The molecule has 3 nitrogen and oxygen atoms in total. The summed E-state index contributed by atoms with van der Waals surface area (Å²) < 4.78 is 12.9. The molecule has 0 aliphatic carbocycles. The van der Waals surface area contributed by atoms with Crippen LogP contribution in [0, 0.1) is 17.7 Å². The summed E-state index contributed by atoms with van der Waals surface area (Å²) in [5, 5.41) is 3.12. The topological polar surface area (TPSA) is 32.3 Å². The number of piperidine rings is 1. The Morgan fingerprint density at radius 3 is 2.36 bits per heavy atom. The van der Waals surface area contributed by atoms with Gasteiger partial charge in [0.05, 0.1) is 0 Å². The summed E-state index contributed by atoms with van der Waals surface area (Å²) in [5.41, 5.74) is 1.12. The zero-order valence-electron chi connectivity index (χ0n) is 13.8. The lowest BCUT2D eigenvalue weighted by atomic mass is 9.94. The van der Waals surface area contributed by atoms with Crippen LogP contribution in [0.5, 0.6) is 0 Å². The molecule has 122 valence electrons. The third-order valence-corrected chi connectivity index (χ3v) is 4.65. The summed E-state index contributed by atoms with van der Waals surface area (Å²) in [6.45, 7) is 8.98. The van der Waals surface area contributed by atoms with Crippen LogP contribution in [0.15, 0.2) is 24.3 Å². The van der Waals surface area contributed by atoms with Gasteiger partial charge in [-0.05, 0) is 56.5 Å². The monoisotopic (exact) mass is 306 g/mol. The second-order valence-electron chi connectivity index (χ2n) is 6.72. The highest BCUT2D eigenvalue weighted by Crippen LogP contribution is 2.20. The molecule has 1 aromatic rings. The van der Waals surface area contributed by atoms with E-state index in [1.807, 2.05) is 12.1 Å². The van der Waals surface area contributed by atoms with E-state index >= 15 is 0 Å². The molecule has 0 saturated carbocycles. The molecule has 1 fully saturated rings. The van der Waals surface area contributed by atoms with Crippen molar-refractivity contribution < 1.29 is 9.18 Å². The lowest BCUT2D eigenvalue weighted by Crippen LogP contribution is -2.44. The van der Waals surface area contributed by atoms with Crippen molar-refractivity contribution in [2.45, 2.75) is 46.2 Å². The minimum absolute atomic E-state index is 0.130. The number of nitrogens with one attached hydrogen (secondary N) is 1. The van der Waals surface area contributed by atoms with E-state index in [9.17, 15) is 9.18 Å². The first-order chi connectivity index (χ1) is 10.5. The quantitative estimate of drug-likeness (QED) is 0.906. The van der Waals surface area contributed by atoms with Gasteiger partial charge in [0.1, 0.15) is 5.82 Å². The second kappa shape index (κ2) is 7.73. The highest BCUT2D eigenvalue weighted by atomic mass is 19.1. The predicted molar refractivity (Wildman–Crippen MR) is 86.8 cm³/mol. The smallest absolute Gasteiger partial charge is 0.223 e. The molecule has 0 radical (unpaired) electrons. The van der Waals surface area contributed by atoms with Crippen molar-refractivity contribution in [2.24, 2.45) is 11.8 Å². The standard InChI is InChI=1S/C18H27FN2O/c1-13(2)14(3)20-18(22)16-8-10-21(11-9-16)12-15-4-6-17(19)7-5-15/h4-7,13-14,16H,8-12H2,1-3H3,(H,20,22). The molecule has 1 atom stereocenters. The van der Waals surface area contributed by atoms with Gasteiger partial charge >= 0.3 is 0 Å². The Balaban J connectivity index is 1.77. The number of hydrogen-bond donors (Lipinski definition) is 1. The third-order valence-electron chi connectivity index (χ3n) is 4.65. The Morgan fingerprint density at radius 2 is 1.82 bits per heavy atom. The number of rotatable bonds is 5. The minimum Gasteiger partial charge on any atom is -0.353 e. The van der Waals surface area contributed by atoms with E-state index in [0.29, 0.717) is 5.92 Å².